The van der Waals surface area contributed by atoms with Gasteiger partial charge in [-0.3, -0.25) is 0 Å². The highest BCUT2D eigenvalue weighted by molar-refractivity contribution is 5.61. The van der Waals surface area contributed by atoms with E-state index in [1.54, 1.807) is 0 Å². The van der Waals surface area contributed by atoms with Crippen molar-refractivity contribution in [2.24, 2.45) is 28.7 Å². The van der Waals surface area contributed by atoms with E-state index < -0.39 is 0 Å². The molecule has 1 heteroatoms. The summed E-state index contributed by atoms with van der Waals surface area (Å²) < 4.78 is 0. The predicted molar refractivity (Wildman–Crippen MR) is 61.4 cm³/mol. The zero-order valence-corrected chi connectivity index (χ0v) is 10.0. The largest absolute Gasteiger partial charge is 0.301 e. The molecule has 0 aliphatic rings. The summed E-state index contributed by atoms with van der Waals surface area (Å²) in [4.78, 5) is 4.18. The highest BCUT2D eigenvalue weighted by Crippen LogP contribution is 2.28. The standard InChI is InChI=1S/C12H25N/c1-7-11(9(2)3)12(8-13-6)10(4)5/h8-12H,7H2,1-6H3/b13-8-. The first-order valence-electron chi connectivity index (χ1n) is 5.46. The summed E-state index contributed by atoms with van der Waals surface area (Å²) in [6, 6.07) is 0. The van der Waals surface area contributed by atoms with Crippen LogP contribution in [0.4, 0.5) is 0 Å². The van der Waals surface area contributed by atoms with Crippen LogP contribution >= 0.6 is 0 Å². The minimum Gasteiger partial charge on any atom is -0.301 e. The van der Waals surface area contributed by atoms with Gasteiger partial charge in [0.15, 0.2) is 0 Å². The smallest absolute Gasteiger partial charge is 0.0273 e. The maximum Gasteiger partial charge on any atom is 0.0273 e. The van der Waals surface area contributed by atoms with Gasteiger partial charge in [0.05, 0.1) is 0 Å². The topological polar surface area (TPSA) is 12.4 Å². The molecule has 0 rings (SSSR count). The summed E-state index contributed by atoms with van der Waals surface area (Å²) in [5, 5.41) is 0. The number of rotatable bonds is 5. The van der Waals surface area contributed by atoms with Gasteiger partial charge in [0.25, 0.3) is 0 Å². The van der Waals surface area contributed by atoms with Crippen LogP contribution in [-0.4, -0.2) is 13.3 Å². The Hall–Kier alpha value is -0.330. The van der Waals surface area contributed by atoms with Crippen LogP contribution in [-0.2, 0) is 0 Å². The molecule has 0 saturated carbocycles. The van der Waals surface area contributed by atoms with Gasteiger partial charge >= 0.3 is 0 Å². The van der Waals surface area contributed by atoms with Gasteiger partial charge in [-0.15, -0.1) is 0 Å². The second kappa shape index (κ2) is 6.17. The van der Waals surface area contributed by atoms with E-state index in [2.05, 4.69) is 45.8 Å². The molecule has 0 spiro atoms. The fourth-order valence-electron chi connectivity index (χ4n) is 2.14. The minimum atomic E-state index is 0.648. The Morgan fingerprint density at radius 2 is 1.62 bits per heavy atom. The van der Waals surface area contributed by atoms with Gasteiger partial charge in [-0.2, -0.15) is 0 Å². The molecule has 78 valence electrons. The van der Waals surface area contributed by atoms with Crippen LogP contribution in [0.1, 0.15) is 41.0 Å². The average Bonchev–Trinajstić information content (AvgIpc) is 2.03. The molecule has 0 radical (unpaired) electrons. The summed E-state index contributed by atoms with van der Waals surface area (Å²) in [5.41, 5.74) is 0. The lowest BCUT2D eigenvalue weighted by atomic mass is 9.76. The molecule has 1 nitrogen and oxygen atoms in total. The lowest BCUT2D eigenvalue weighted by Gasteiger charge is -2.29. The Balaban J connectivity index is 4.48. The molecular weight excluding hydrogens is 158 g/mol. The van der Waals surface area contributed by atoms with Crippen LogP contribution in [0.3, 0.4) is 0 Å². The first kappa shape index (κ1) is 12.7. The molecular formula is C12H25N. The van der Waals surface area contributed by atoms with E-state index in [1.165, 1.54) is 6.42 Å². The number of nitrogens with zero attached hydrogens (tertiary/aromatic N) is 1. The number of hydrogen-bond acceptors (Lipinski definition) is 1. The molecule has 0 bridgehead atoms. The fraction of sp³-hybridized carbons (Fsp3) is 0.917. The lowest BCUT2D eigenvalue weighted by Crippen LogP contribution is -2.25. The van der Waals surface area contributed by atoms with E-state index in [1.807, 2.05) is 7.05 Å². The SMILES string of the molecule is CCC(C(C)C)C(/C=N\C)C(C)C. The van der Waals surface area contributed by atoms with E-state index in [-0.39, 0.29) is 0 Å². The monoisotopic (exact) mass is 183 g/mol. The van der Waals surface area contributed by atoms with Gasteiger partial charge in [-0.1, -0.05) is 41.0 Å². The van der Waals surface area contributed by atoms with E-state index >= 15 is 0 Å². The molecule has 0 fully saturated rings. The summed E-state index contributed by atoms with van der Waals surface area (Å²) in [6.45, 7) is 11.5. The van der Waals surface area contributed by atoms with Gasteiger partial charge in [-0.05, 0) is 23.7 Å². The maximum atomic E-state index is 4.18. The van der Waals surface area contributed by atoms with Gasteiger partial charge in [0.2, 0.25) is 0 Å². The van der Waals surface area contributed by atoms with Gasteiger partial charge in [-0.25, -0.2) is 0 Å². The Labute approximate surface area is 83.6 Å². The molecule has 2 atom stereocenters. The molecule has 0 aromatic heterocycles. The predicted octanol–water partition coefficient (Wildman–Crippen LogP) is 3.64. The molecule has 0 aromatic carbocycles. The van der Waals surface area contributed by atoms with Crippen LogP contribution < -0.4 is 0 Å². The molecule has 0 N–H and O–H groups in total. The van der Waals surface area contributed by atoms with Crippen LogP contribution in [0, 0.1) is 23.7 Å². The Morgan fingerprint density at radius 3 is 1.85 bits per heavy atom. The summed E-state index contributed by atoms with van der Waals surface area (Å²) in [6.07, 6.45) is 3.39. The molecule has 0 aliphatic heterocycles. The second-order valence-corrected chi connectivity index (χ2v) is 4.54. The van der Waals surface area contributed by atoms with Crippen molar-refractivity contribution in [3.63, 3.8) is 0 Å². The van der Waals surface area contributed by atoms with Crippen LogP contribution in [0.2, 0.25) is 0 Å². The van der Waals surface area contributed by atoms with Crippen molar-refractivity contribution in [2.45, 2.75) is 41.0 Å². The Morgan fingerprint density at radius 1 is 1.08 bits per heavy atom. The van der Waals surface area contributed by atoms with Crippen LogP contribution in [0.15, 0.2) is 4.99 Å². The quantitative estimate of drug-likeness (QED) is 0.577. The van der Waals surface area contributed by atoms with E-state index in [0.29, 0.717) is 11.8 Å². The molecule has 0 amide bonds. The molecule has 13 heavy (non-hydrogen) atoms. The first-order valence-corrected chi connectivity index (χ1v) is 5.46. The fourth-order valence-corrected chi connectivity index (χ4v) is 2.14. The summed E-state index contributed by atoms with van der Waals surface area (Å²) in [5.74, 6) is 2.89. The van der Waals surface area contributed by atoms with Crippen LogP contribution in [0.25, 0.3) is 0 Å². The number of hydrogen-bond donors (Lipinski definition) is 0. The first-order chi connectivity index (χ1) is 6.04. The molecule has 0 heterocycles. The molecule has 2 unspecified atom stereocenters. The number of aliphatic imine (C=N–C) groups is 1. The van der Waals surface area contributed by atoms with Crippen LogP contribution in [0.5, 0.6) is 0 Å². The second-order valence-electron chi connectivity index (χ2n) is 4.54. The van der Waals surface area contributed by atoms with Crippen molar-refractivity contribution in [3.8, 4) is 0 Å². The van der Waals surface area contributed by atoms with Crippen molar-refractivity contribution in [2.75, 3.05) is 7.05 Å². The highest BCUT2D eigenvalue weighted by atomic mass is 14.6. The van der Waals surface area contributed by atoms with Crippen molar-refractivity contribution in [1.29, 1.82) is 0 Å². The maximum absolute atomic E-state index is 4.18. The summed E-state index contributed by atoms with van der Waals surface area (Å²) >= 11 is 0. The summed E-state index contributed by atoms with van der Waals surface area (Å²) in [7, 11) is 1.88. The zero-order valence-electron chi connectivity index (χ0n) is 10.0. The van der Waals surface area contributed by atoms with Gasteiger partial charge in [0.1, 0.15) is 0 Å². The Bertz CT molecular complexity index is 147. The Kier molecular flexibility index (Phi) is 6.02. The molecule has 0 aromatic rings. The zero-order chi connectivity index (χ0) is 10.4. The molecule has 0 aliphatic carbocycles. The third-order valence-electron chi connectivity index (χ3n) is 2.91. The lowest BCUT2D eigenvalue weighted by molar-refractivity contribution is 0.256. The third kappa shape index (κ3) is 3.93. The average molecular weight is 183 g/mol. The van der Waals surface area contributed by atoms with E-state index in [9.17, 15) is 0 Å². The van der Waals surface area contributed by atoms with Crippen molar-refractivity contribution in [1.82, 2.24) is 0 Å². The van der Waals surface area contributed by atoms with Crippen molar-refractivity contribution in [3.05, 3.63) is 0 Å². The van der Waals surface area contributed by atoms with Gasteiger partial charge < -0.3 is 4.99 Å². The van der Waals surface area contributed by atoms with E-state index in [0.717, 1.165) is 11.8 Å². The van der Waals surface area contributed by atoms with E-state index in [4.69, 9.17) is 0 Å². The third-order valence-corrected chi connectivity index (χ3v) is 2.91. The molecule has 0 saturated heterocycles. The van der Waals surface area contributed by atoms with Crippen molar-refractivity contribution >= 4 is 6.21 Å². The van der Waals surface area contributed by atoms with Crippen molar-refractivity contribution < 1.29 is 0 Å². The minimum absolute atomic E-state index is 0.648. The normalized spacial score (nSPS) is 17.2. The highest BCUT2D eigenvalue weighted by Gasteiger charge is 2.23. The van der Waals surface area contributed by atoms with Gasteiger partial charge in [0, 0.05) is 13.3 Å².